The largest absolute Gasteiger partial charge is 0.396 e. The molecule has 0 unspecified atom stereocenters. The summed E-state index contributed by atoms with van der Waals surface area (Å²) in [5, 5.41) is 9.78. The molecule has 1 aliphatic heterocycles. The summed E-state index contributed by atoms with van der Waals surface area (Å²) in [5.41, 5.74) is 0.225. The topological polar surface area (TPSA) is 26.7 Å². The van der Waals surface area contributed by atoms with Crippen LogP contribution in [0.4, 0.5) is 0 Å². The average Bonchev–Trinajstić information content (AvgIpc) is 2.40. The zero-order chi connectivity index (χ0) is 13.0. The first-order valence-corrected chi connectivity index (χ1v) is 7.65. The van der Waals surface area contributed by atoms with Crippen LogP contribution >= 0.6 is 0 Å². The molecule has 1 saturated heterocycles. The monoisotopic (exact) mass is 254 g/mol. The average molecular weight is 254 g/mol. The number of aliphatic hydroxyl groups is 1. The van der Waals surface area contributed by atoms with Crippen molar-refractivity contribution in [2.24, 2.45) is 5.41 Å². The van der Waals surface area contributed by atoms with E-state index in [9.17, 15) is 5.11 Å². The van der Waals surface area contributed by atoms with Crippen LogP contribution in [0.3, 0.4) is 0 Å². The van der Waals surface area contributed by atoms with Gasteiger partial charge in [-0.25, -0.2) is 0 Å². The van der Waals surface area contributed by atoms with E-state index < -0.39 is 0 Å². The summed E-state index contributed by atoms with van der Waals surface area (Å²) in [6.45, 7) is 3.94. The van der Waals surface area contributed by atoms with Crippen molar-refractivity contribution in [3.63, 3.8) is 0 Å². The summed E-state index contributed by atoms with van der Waals surface area (Å²) < 4.78 is 0. The van der Waals surface area contributed by atoms with Crippen LogP contribution in [0, 0.1) is 5.41 Å². The Morgan fingerprint density at radius 1 is 1.11 bits per heavy atom. The molecule has 1 saturated carbocycles. The standard InChI is InChI=1S/C15H30N2O/c1-16(2)14-6-10-17(11-7-14)12-15(13-18)8-4-3-5-9-15/h14,18H,3-13H2,1-2H3. The zero-order valence-corrected chi connectivity index (χ0v) is 12.2. The minimum atomic E-state index is 0.225. The molecule has 18 heavy (non-hydrogen) atoms. The Morgan fingerprint density at radius 3 is 2.22 bits per heavy atom. The molecule has 2 fully saturated rings. The smallest absolute Gasteiger partial charge is 0.0499 e. The van der Waals surface area contributed by atoms with Crippen LogP contribution in [0.5, 0.6) is 0 Å². The number of piperidine rings is 1. The minimum Gasteiger partial charge on any atom is -0.396 e. The highest BCUT2D eigenvalue weighted by atomic mass is 16.3. The normalized spacial score (nSPS) is 26.7. The molecule has 0 aromatic heterocycles. The fourth-order valence-corrected chi connectivity index (χ4v) is 3.74. The molecule has 0 amide bonds. The van der Waals surface area contributed by atoms with Gasteiger partial charge in [-0.2, -0.15) is 0 Å². The summed E-state index contributed by atoms with van der Waals surface area (Å²) in [6, 6.07) is 0.762. The molecule has 1 aliphatic carbocycles. The van der Waals surface area contributed by atoms with E-state index in [1.54, 1.807) is 0 Å². The van der Waals surface area contributed by atoms with Gasteiger partial charge in [0.25, 0.3) is 0 Å². The number of hydrogen-bond acceptors (Lipinski definition) is 3. The Bertz CT molecular complexity index is 241. The fraction of sp³-hybridized carbons (Fsp3) is 1.00. The van der Waals surface area contributed by atoms with Gasteiger partial charge in [-0.1, -0.05) is 19.3 Å². The third kappa shape index (κ3) is 3.46. The molecule has 2 rings (SSSR count). The minimum absolute atomic E-state index is 0.225. The van der Waals surface area contributed by atoms with Crippen LogP contribution in [-0.4, -0.2) is 61.3 Å². The highest BCUT2D eigenvalue weighted by Crippen LogP contribution is 2.37. The molecule has 3 heteroatoms. The predicted molar refractivity (Wildman–Crippen MR) is 75.8 cm³/mol. The molecule has 1 N–H and O–H groups in total. The van der Waals surface area contributed by atoms with Gasteiger partial charge in [-0.3, -0.25) is 0 Å². The second kappa shape index (κ2) is 6.36. The maximum absolute atomic E-state index is 9.78. The second-order valence-electron chi connectivity index (χ2n) is 6.69. The van der Waals surface area contributed by atoms with Gasteiger partial charge in [-0.15, -0.1) is 0 Å². The number of aliphatic hydroxyl groups excluding tert-OH is 1. The van der Waals surface area contributed by atoms with Gasteiger partial charge in [0.1, 0.15) is 0 Å². The molecule has 3 nitrogen and oxygen atoms in total. The molecule has 0 bridgehead atoms. The van der Waals surface area contributed by atoms with E-state index in [0.717, 1.165) is 12.6 Å². The fourth-order valence-electron chi connectivity index (χ4n) is 3.74. The third-order valence-corrected chi connectivity index (χ3v) is 5.10. The first kappa shape index (κ1) is 14.3. The van der Waals surface area contributed by atoms with Crippen LogP contribution in [0.25, 0.3) is 0 Å². The highest BCUT2D eigenvalue weighted by Gasteiger charge is 2.34. The number of nitrogens with zero attached hydrogens (tertiary/aromatic N) is 2. The maximum Gasteiger partial charge on any atom is 0.0499 e. The Kier molecular flexibility index (Phi) is 5.05. The Morgan fingerprint density at radius 2 is 1.72 bits per heavy atom. The van der Waals surface area contributed by atoms with Crippen molar-refractivity contribution in [3.8, 4) is 0 Å². The van der Waals surface area contributed by atoms with Crippen molar-refractivity contribution >= 4 is 0 Å². The Hall–Kier alpha value is -0.120. The second-order valence-corrected chi connectivity index (χ2v) is 6.69. The van der Waals surface area contributed by atoms with Crippen LogP contribution in [0.1, 0.15) is 44.9 Å². The maximum atomic E-state index is 9.78. The number of rotatable bonds is 4. The van der Waals surface area contributed by atoms with Crippen molar-refractivity contribution < 1.29 is 5.11 Å². The van der Waals surface area contributed by atoms with E-state index in [0.29, 0.717) is 6.61 Å². The quantitative estimate of drug-likeness (QED) is 0.831. The molecule has 106 valence electrons. The summed E-state index contributed by atoms with van der Waals surface area (Å²) in [6.07, 6.45) is 9.03. The van der Waals surface area contributed by atoms with Crippen LogP contribution in [0.15, 0.2) is 0 Å². The summed E-state index contributed by atoms with van der Waals surface area (Å²) in [5.74, 6) is 0. The third-order valence-electron chi connectivity index (χ3n) is 5.10. The molecular formula is C15H30N2O. The van der Waals surface area contributed by atoms with Crippen LogP contribution < -0.4 is 0 Å². The van der Waals surface area contributed by atoms with Gasteiger partial charge >= 0.3 is 0 Å². The summed E-state index contributed by atoms with van der Waals surface area (Å²) in [4.78, 5) is 4.96. The number of hydrogen-bond donors (Lipinski definition) is 1. The lowest BCUT2D eigenvalue weighted by Gasteiger charge is -2.43. The number of likely N-dealkylation sites (tertiary alicyclic amines) is 1. The van der Waals surface area contributed by atoms with E-state index in [4.69, 9.17) is 0 Å². The highest BCUT2D eigenvalue weighted by molar-refractivity contribution is 4.87. The summed E-state index contributed by atoms with van der Waals surface area (Å²) in [7, 11) is 4.38. The van der Waals surface area contributed by atoms with Crippen molar-refractivity contribution in [3.05, 3.63) is 0 Å². The van der Waals surface area contributed by atoms with Crippen molar-refractivity contribution in [2.75, 3.05) is 40.3 Å². The lowest BCUT2D eigenvalue weighted by atomic mass is 9.74. The molecule has 0 radical (unpaired) electrons. The van der Waals surface area contributed by atoms with E-state index in [1.807, 2.05) is 0 Å². The van der Waals surface area contributed by atoms with Crippen LogP contribution in [-0.2, 0) is 0 Å². The van der Waals surface area contributed by atoms with Crippen molar-refractivity contribution in [1.29, 1.82) is 0 Å². The Labute approximate surface area is 112 Å². The van der Waals surface area contributed by atoms with Gasteiger partial charge in [0, 0.05) is 24.6 Å². The molecule has 0 aromatic carbocycles. The Balaban J connectivity index is 1.82. The lowest BCUT2D eigenvalue weighted by Crippen LogP contribution is -2.47. The van der Waals surface area contributed by atoms with E-state index in [2.05, 4.69) is 23.9 Å². The molecule has 2 aliphatic rings. The first-order valence-electron chi connectivity index (χ1n) is 7.65. The molecule has 0 spiro atoms. The van der Waals surface area contributed by atoms with Crippen molar-refractivity contribution in [2.45, 2.75) is 51.0 Å². The van der Waals surface area contributed by atoms with Gasteiger partial charge in [0.15, 0.2) is 0 Å². The predicted octanol–water partition coefficient (Wildman–Crippen LogP) is 1.96. The van der Waals surface area contributed by atoms with Gasteiger partial charge in [-0.05, 0) is 52.9 Å². The van der Waals surface area contributed by atoms with E-state index in [-0.39, 0.29) is 5.41 Å². The van der Waals surface area contributed by atoms with E-state index >= 15 is 0 Å². The zero-order valence-electron chi connectivity index (χ0n) is 12.2. The summed E-state index contributed by atoms with van der Waals surface area (Å²) >= 11 is 0. The SMILES string of the molecule is CN(C)C1CCN(CC2(CO)CCCCC2)CC1. The van der Waals surface area contributed by atoms with Gasteiger partial charge in [0.2, 0.25) is 0 Å². The van der Waals surface area contributed by atoms with Crippen molar-refractivity contribution in [1.82, 2.24) is 9.80 Å². The van der Waals surface area contributed by atoms with Gasteiger partial charge in [0.05, 0.1) is 0 Å². The van der Waals surface area contributed by atoms with E-state index in [1.165, 1.54) is 58.0 Å². The molecule has 0 aromatic rings. The molecule has 1 heterocycles. The molecule has 0 atom stereocenters. The van der Waals surface area contributed by atoms with Gasteiger partial charge < -0.3 is 14.9 Å². The van der Waals surface area contributed by atoms with Crippen LogP contribution in [0.2, 0.25) is 0 Å². The lowest BCUT2D eigenvalue weighted by molar-refractivity contribution is 0.0254. The first-order chi connectivity index (χ1) is 8.65. The molecular weight excluding hydrogens is 224 g/mol.